The van der Waals surface area contributed by atoms with Crippen molar-refractivity contribution < 1.29 is 4.79 Å². The Morgan fingerprint density at radius 2 is 2.23 bits per heavy atom. The lowest BCUT2D eigenvalue weighted by molar-refractivity contribution is -0.117. The molecule has 1 aliphatic rings. The smallest absolute Gasteiger partial charge is 0.156 e. The number of halogens is 1. The van der Waals surface area contributed by atoms with Crippen molar-refractivity contribution in [1.82, 2.24) is 0 Å². The fourth-order valence-electron chi connectivity index (χ4n) is 1.61. The molecule has 2 nitrogen and oxygen atoms in total. The molecule has 1 heterocycles. The van der Waals surface area contributed by atoms with Crippen LogP contribution in [0.1, 0.15) is 11.1 Å². The molecule has 2 rings (SSSR count). The monoisotopic (exact) mass is 287 g/mol. The highest BCUT2D eigenvalue weighted by atomic mass is 127. The molecule has 0 bridgehead atoms. The van der Waals surface area contributed by atoms with Gasteiger partial charge >= 0.3 is 0 Å². The molecule has 1 aromatic rings. The predicted octanol–water partition coefficient (Wildman–Crippen LogP) is 2.14. The molecule has 0 fully saturated rings. The second kappa shape index (κ2) is 3.29. The number of fused-ring (bicyclic) bond motifs is 1. The van der Waals surface area contributed by atoms with Crippen LogP contribution in [-0.4, -0.2) is 12.3 Å². The van der Waals surface area contributed by atoms with Gasteiger partial charge in [0.15, 0.2) is 5.78 Å². The van der Waals surface area contributed by atoms with Crippen LogP contribution in [0.3, 0.4) is 0 Å². The minimum Gasteiger partial charge on any atom is -0.377 e. The van der Waals surface area contributed by atoms with Gasteiger partial charge in [-0.1, -0.05) is 6.07 Å². The van der Waals surface area contributed by atoms with Gasteiger partial charge in [0.25, 0.3) is 0 Å². The zero-order chi connectivity index (χ0) is 9.42. The van der Waals surface area contributed by atoms with Crippen LogP contribution in [0.5, 0.6) is 0 Å². The number of aryl methyl sites for hydroxylation is 1. The number of rotatable bonds is 0. The van der Waals surface area contributed by atoms with Crippen molar-refractivity contribution in [3.8, 4) is 0 Å². The van der Waals surface area contributed by atoms with Gasteiger partial charge in [-0.2, -0.15) is 0 Å². The molecular weight excluding hydrogens is 277 g/mol. The number of Topliss-reactive ketones (excluding diaryl/α,β-unsaturated/α-hetero) is 1. The largest absolute Gasteiger partial charge is 0.377 e. The zero-order valence-corrected chi connectivity index (χ0v) is 9.51. The van der Waals surface area contributed by atoms with E-state index >= 15 is 0 Å². The van der Waals surface area contributed by atoms with Crippen molar-refractivity contribution in [2.45, 2.75) is 13.3 Å². The number of anilines is 1. The van der Waals surface area contributed by atoms with E-state index < -0.39 is 0 Å². The van der Waals surface area contributed by atoms with E-state index in [4.69, 9.17) is 0 Å². The number of hydrogen-bond donors (Lipinski definition) is 1. The van der Waals surface area contributed by atoms with E-state index in [0.717, 1.165) is 11.3 Å². The summed E-state index contributed by atoms with van der Waals surface area (Å²) in [5, 5.41) is 3.15. The summed E-state index contributed by atoms with van der Waals surface area (Å²) in [6.07, 6.45) is 0.583. The zero-order valence-electron chi connectivity index (χ0n) is 7.36. The summed E-state index contributed by atoms with van der Waals surface area (Å²) in [6.45, 7) is 2.54. The molecular formula is C10H10INO. The van der Waals surface area contributed by atoms with Crippen molar-refractivity contribution in [2.75, 3.05) is 11.9 Å². The number of carbonyl (C=O) groups is 1. The van der Waals surface area contributed by atoms with Crippen LogP contribution in [0.15, 0.2) is 12.1 Å². The van der Waals surface area contributed by atoms with E-state index in [2.05, 4.69) is 47.0 Å². The number of carbonyl (C=O) groups excluding carboxylic acids is 1. The van der Waals surface area contributed by atoms with Gasteiger partial charge in [0.05, 0.1) is 12.2 Å². The standard InChI is InChI=1S/C10H10INO/c1-6-2-7-4-8(13)5-12-10(7)9(11)3-6/h2-3,12H,4-5H2,1H3. The van der Waals surface area contributed by atoms with Crippen molar-refractivity contribution in [1.29, 1.82) is 0 Å². The van der Waals surface area contributed by atoms with Gasteiger partial charge in [-0.3, -0.25) is 4.79 Å². The van der Waals surface area contributed by atoms with Crippen LogP contribution in [0.2, 0.25) is 0 Å². The normalized spacial score (nSPS) is 15.1. The summed E-state index contributed by atoms with van der Waals surface area (Å²) >= 11 is 2.30. The Morgan fingerprint density at radius 3 is 3.00 bits per heavy atom. The topological polar surface area (TPSA) is 29.1 Å². The van der Waals surface area contributed by atoms with Crippen LogP contribution in [0, 0.1) is 10.5 Å². The Kier molecular flexibility index (Phi) is 2.27. The number of ketones is 1. The van der Waals surface area contributed by atoms with E-state index in [1.807, 2.05) is 0 Å². The van der Waals surface area contributed by atoms with Crippen molar-refractivity contribution in [2.24, 2.45) is 0 Å². The van der Waals surface area contributed by atoms with E-state index in [0.29, 0.717) is 13.0 Å². The van der Waals surface area contributed by atoms with Crippen LogP contribution >= 0.6 is 22.6 Å². The molecule has 68 valence electrons. The average Bonchev–Trinajstić information content (AvgIpc) is 2.02. The highest BCUT2D eigenvalue weighted by Gasteiger charge is 2.16. The van der Waals surface area contributed by atoms with E-state index in [-0.39, 0.29) is 5.78 Å². The Bertz CT molecular complexity index is 373. The molecule has 3 heteroatoms. The molecule has 1 N–H and O–H groups in total. The van der Waals surface area contributed by atoms with E-state index in [1.165, 1.54) is 9.13 Å². The summed E-state index contributed by atoms with van der Waals surface area (Å²) in [7, 11) is 0. The first kappa shape index (κ1) is 8.99. The highest BCUT2D eigenvalue weighted by molar-refractivity contribution is 14.1. The van der Waals surface area contributed by atoms with Gasteiger partial charge in [0, 0.05) is 9.99 Å². The third-order valence-corrected chi connectivity index (χ3v) is 3.02. The number of benzene rings is 1. The van der Waals surface area contributed by atoms with Crippen LogP contribution < -0.4 is 5.32 Å². The minimum absolute atomic E-state index is 0.272. The van der Waals surface area contributed by atoms with Gasteiger partial charge < -0.3 is 5.32 Å². The molecule has 0 amide bonds. The molecule has 0 aliphatic carbocycles. The minimum atomic E-state index is 0.272. The molecule has 0 radical (unpaired) electrons. The molecule has 1 aliphatic heterocycles. The maximum absolute atomic E-state index is 11.2. The molecule has 0 saturated heterocycles. The predicted molar refractivity (Wildman–Crippen MR) is 61.1 cm³/mol. The van der Waals surface area contributed by atoms with Gasteiger partial charge in [-0.15, -0.1) is 0 Å². The third kappa shape index (κ3) is 1.70. The molecule has 0 unspecified atom stereocenters. The van der Waals surface area contributed by atoms with E-state index in [9.17, 15) is 4.79 Å². The maximum atomic E-state index is 11.2. The van der Waals surface area contributed by atoms with Crippen LogP contribution in [-0.2, 0) is 11.2 Å². The second-order valence-corrected chi connectivity index (χ2v) is 4.51. The Balaban J connectivity index is 2.53. The summed E-state index contributed by atoms with van der Waals surface area (Å²) < 4.78 is 1.21. The molecule has 13 heavy (non-hydrogen) atoms. The quantitative estimate of drug-likeness (QED) is 0.741. The fraction of sp³-hybridized carbons (Fsp3) is 0.300. The van der Waals surface area contributed by atoms with Gasteiger partial charge in [-0.05, 0) is 46.7 Å². The molecule has 0 spiro atoms. The number of hydrogen-bond acceptors (Lipinski definition) is 2. The molecule has 0 aromatic heterocycles. The maximum Gasteiger partial charge on any atom is 0.156 e. The first-order valence-corrected chi connectivity index (χ1v) is 5.29. The Hall–Kier alpha value is -0.580. The van der Waals surface area contributed by atoms with Crippen molar-refractivity contribution in [3.05, 3.63) is 26.8 Å². The van der Waals surface area contributed by atoms with Gasteiger partial charge in [0.2, 0.25) is 0 Å². The molecule has 0 atom stereocenters. The summed E-state index contributed by atoms with van der Waals surface area (Å²) in [6, 6.07) is 4.21. The van der Waals surface area contributed by atoms with Crippen molar-refractivity contribution >= 4 is 34.1 Å². The van der Waals surface area contributed by atoms with Gasteiger partial charge in [-0.25, -0.2) is 0 Å². The van der Waals surface area contributed by atoms with Crippen LogP contribution in [0.25, 0.3) is 0 Å². The lowest BCUT2D eigenvalue weighted by Crippen LogP contribution is -2.23. The third-order valence-electron chi connectivity index (χ3n) is 2.17. The lowest BCUT2D eigenvalue weighted by atomic mass is 10.0. The summed E-state index contributed by atoms with van der Waals surface area (Å²) in [5.41, 5.74) is 3.51. The highest BCUT2D eigenvalue weighted by Crippen LogP contribution is 2.27. The molecule has 1 aromatic carbocycles. The number of nitrogens with one attached hydrogen (secondary N) is 1. The lowest BCUT2D eigenvalue weighted by Gasteiger charge is -2.19. The van der Waals surface area contributed by atoms with Gasteiger partial charge in [0.1, 0.15) is 0 Å². The summed E-state index contributed by atoms with van der Waals surface area (Å²) in [5.74, 6) is 0.272. The first-order valence-electron chi connectivity index (χ1n) is 4.21. The Labute approximate surface area is 90.9 Å². The van der Waals surface area contributed by atoms with E-state index in [1.54, 1.807) is 0 Å². The Morgan fingerprint density at radius 1 is 1.46 bits per heavy atom. The molecule has 0 saturated carbocycles. The average molecular weight is 287 g/mol. The van der Waals surface area contributed by atoms with Crippen molar-refractivity contribution in [3.63, 3.8) is 0 Å². The summed E-state index contributed by atoms with van der Waals surface area (Å²) in [4.78, 5) is 11.2. The SMILES string of the molecule is Cc1cc(I)c2c(c1)CC(=O)CN2. The second-order valence-electron chi connectivity index (χ2n) is 3.35. The van der Waals surface area contributed by atoms with Crippen LogP contribution in [0.4, 0.5) is 5.69 Å². The fourth-order valence-corrected chi connectivity index (χ4v) is 2.64. The first-order chi connectivity index (χ1) is 6.16.